The summed E-state index contributed by atoms with van der Waals surface area (Å²) in [6, 6.07) is 2.15. The average molecular weight is 278 g/mol. The summed E-state index contributed by atoms with van der Waals surface area (Å²) in [5.41, 5.74) is 3.51. The fourth-order valence-corrected chi connectivity index (χ4v) is 2.32. The molecule has 5 nitrogen and oxygen atoms in total. The molecule has 0 fully saturated rings. The lowest BCUT2D eigenvalue weighted by Gasteiger charge is -2.18. The summed E-state index contributed by atoms with van der Waals surface area (Å²) in [7, 11) is 2.10. The minimum Gasteiger partial charge on any atom is -0.391 e. The van der Waals surface area contributed by atoms with E-state index in [1.165, 1.54) is 5.71 Å². The lowest BCUT2D eigenvalue weighted by atomic mass is 9.92. The highest BCUT2D eigenvalue weighted by atomic mass is 16.6. The third kappa shape index (κ3) is 3.82. The molecule has 112 valence electrons. The number of nitrogens with one attached hydrogen (secondary N) is 1. The zero-order valence-electron chi connectivity index (χ0n) is 13.2. The minimum absolute atomic E-state index is 0.0890. The predicted molar refractivity (Wildman–Crippen MR) is 80.8 cm³/mol. The highest BCUT2D eigenvalue weighted by molar-refractivity contribution is 5.85. The van der Waals surface area contributed by atoms with Crippen LogP contribution in [-0.2, 0) is 16.8 Å². The number of H-pyrrole nitrogens is 1. The summed E-state index contributed by atoms with van der Waals surface area (Å²) in [5, 5.41) is 11.6. The van der Waals surface area contributed by atoms with Gasteiger partial charge in [-0.3, -0.25) is 10.00 Å². The molecular formula is C15H26N4O. The van der Waals surface area contributed by atoms with Gasteiger partial charge in [0.2, 0.25) is 0 Å². The van der Waals surface area contributed by atoms with Gasteiger partial charge in [-0.05, 0) is 19.5 Å². The van der Waals surface area contributed by atoms with Crippen LogP contribution in [0.2, 0.25) is 0 Å². The van der Waals surface area contributed by atoms with Crippen LogP contribution in [0.1, 0.15) is 51.9 Å². The Hall–Kier alpha value is -1.36. The second-order valence-electron chi connectivity index (χ2n) is 6.67. The number of nitrogens with zero attached hydrogens (tertiary/aromatic N) is 3. The van der Waals surface area contributed by atoms with Crippen LogP contribution in [0.5, 0.6) is 0 Å². The molecule has 0 spiro atoms. The van der Waals surface area contributed by atoms with Gasteiger partial charge in [0.25, 0.3) is 0 Å². The van der Waals surface area contributed by atoms with E-state index in [-0.39, 0.29) is 11.5 Å². The maximum absolute atomic E-state index is 5.44. The third-order valence-electron chi connectivity index (χ3n) is 3.56. The molecule has 0 radical (unpaired) electrons. The molecule has 1 aromatic heterocycles. The van der Waals surface area contributed by atoms with E-state index >= 15 is 0 Å². The highest BCUT2D eigenvalue weighted by Gasteiger charge is 2.22. The van der Waals surface area contributed by atoms with E-state index < -0.39 is 0 Å². The Balaban J connectivity index is 1.83. The van der Waals surface area contributed by atoms with E-state index in [0.717, 1.165) is 37.3 Å². The fourth-order valence-electron chi connectivity index (χ4n) is 2.32. The summed E-state index contributed by atoms with van der Waals surface area (Å²) in [5.74, 6) is 0. The van der Waals surface area contributed by atoms with Crippen LogP contribution in [0.25, 0.3) is 0 Å². The zero-order valence-corrected chi connectivity index (χ0v) is 13.2. The average Bonchev–Trinajstić information content (AvgIpc) is 2.97. The second-order valence-corrected chi connectivity index (χ2v) is 6.67. The van der Waals surface area contributed by atoms with Gasteiger partial charge in [0, 0.05) is 30.6 Å². The molecule has 1 aliphatic rings. The van der Waals surface area contributed by atoms with Crippen molar-refractivity contribution in [3.8, 4) is 0 Å². The smallest absolute Gasteiger partial charge is 0.145 e. The molecule has 0 saturated heterocycles. The monoisotopic (exact) mass is 278 g/mol. The molecule has 20 heavy (non-hydrogen) atoms. The van der Waals surface area contributed by atoms with Crippen LogP contribution in [-0.4, -0.2) is 40.5 Å². The van der Waals surface area contributed by atoms with E-state index in [2.05, 4.69) is 61.1 Å². The normalized spacial score (nSPS) is 19.3. The lowest BCUT2D eigenvalue weighted by Crippen LogP contribution is -2.29. The maximum atomic E-state index is 5.44. The summed E-state index contributed by atoms with van der Waals surface area (Å²) in [6.45, 7) is 10.4. The summed E-state index contributed by atoms with van der Waals surface area (Å²) in [4.78, 5) is 7.69. The number of aromatic amines is 1. The van der Waals surface area contributed by atoms with E-state index in [1.54, 1.807) is 0 Å². The number of aromatic nitrogens is 2. The van der Waals surface area contributed by atoms with Crippen molar-refractivity contribution in [3.05, 3.63) is 17.5 Å². The van der Waals surface area contributed by atoms with E-state index in [4.69, 9.17) is 4.84 Å². The van der Waals surface area contributed by atoms with Crippen LogP contribution < -0.4 is 0 Å². The Morgan fingerprint density at radius 1 is 1.45 bits per heavy atom. The minimum atomic E-state index is 0.0890. The van der Waals surface area contributed by atoms with Gasteiger partial charge in [0.15, 0.2) is 0 Å². The van der Waals surface area contributed by atoms with Gasteiger partial charge >= 0.3 is 0 Å². The molecule has 1 unspecified atom stereocenters. The summed E-state index contributed by atoms with van der Waals surface area (Å²) < 4.78 is 0. The Morgan fingerprint density at radius 3 is 2.75 bits per heavy atom. The van der Waals surface area contributed by atoms with Gasteiger partial charge in [0.05, 0.1) is 11.4 Å². The van der Waals surface area contributed by atoms with Crippen LogP contribution in [0.3, 0.4) is 0 Å². The van der Waals surface area contributed by atoms with Gasteiger partial charge in [-0.15, -0.1) is 0 Å². The van der Waals surface area contributed by atoms with Gasteiger partial charge < -0.3 is 4.84 Å². The van der Waals surface area contributed by atoms with Crippen LogP contribution >= 0.6 is 0 Å². The molecule has 2 heterocycles. The Bertz CT molecular complexity index is 472. The molecule has 0 amide bonds. The largest absolute Gasteiger partial charge is 0.391 e. The quantitative estimate of drug-likeness (QED) is 0.901. The first-order valence-corrected chi connectivity index (χ1v) is 7.33. The van der Waals surface area contributed by atoms with Crippen molar-refractivity contribution in [2.24, 2.45) is 5.16 Å². The van der Waals surface area contributed by atoms with E-state index in [0.29, 0.717) is 0 Å². The zero-order chi connectivity index (χ0) is 14.8. The number of hydrogen-bond donors (Lipinski definition) is 1. The van der Waals surface area contributed by atoms with Crippen LogP contribution in [0.15, 0.2) is 11.2 Å². The Labute approximate surface area is 121 Å². The van der Waals surface area contributed by atoms with Crippen molar-refractivity contribution in [1.29, 1.82) is 0 Å². The topological polar surface area (TPSA) is 53.5 Å². The maximum Gasteiger partial charge on any atom is 0.145 e. The number of hydrogen-bond acceptors (Lipinski definition) is 4. The third-order valence-corrected chi connectivity index (χ3v) is 3.56. The molecule has 1 atom stereocenters. The van der Waals surface area contributed by atoms with E-state index in [1.807, 2.05) is 0 Å². The molecule has 0 aliphatic carbocycles. The molecule has 1 N–H and O–H groups in total. The first-order valence-electron chi connectivity index (χ1n) is 7.33. The molecule has 0 saturated carbocycles. The van der Waals surface area contributed by atoms with Crippen molar-refractivity contribution in [2.75, 3.05) is 13.6 Å². The lowest BCUT2D eigenvalue weighted by molar-refractivity contribution is 0.0574. The SMILES string of the molecule is CCC1=NOC(CN(C)Cc2cc(C(C)(C)C)n[nH]2)C1. The number of rotatable bonds is 5. The van der Waals surface area contributed by atoms with Crippen LogP contribution in [0, 0.1) is 0 Å². The first-order chi connectivity index (χ1) is 9.38. The molecule has 1 aliphatic heterocycles. The van der Waals surface area contributed by atoms with Crippen LogP contribution in [0.4, 0.5) is 0 Å². The summed E-state index contributed by atoms with van der Waals surface area (Å²) in [6.07, 6.45) is 2.13. The molecule has 0 aromatic carbocycles. The van der Waals surface area contributed by atoms with Crippen molar-refractivity contribution in [1.82, 2.24) is 15.1 Å². The standard InChI is InChI=1S/C15H26N4O/c1-6-11-7-13(20-18-11)10-19(5)9-12-8-14(17-16-12)15(2,3)4/h8,13H,6-7,9-10H2,1-5H3,(H,16,17). The van der Waals surface area contributed by atoms with Gasteiger partial charge in [-0.1, -0.05) is 32.9 Å². The van der Waals surface area contributed by atoms with E-state index in [9.17, 15) is 0 Å². The molecule has 1 aromatic rings. The van der Waals surface area contributed by atoms with Crippen molar-refractivity contribution >= 4 is 5.71 Å². The Morgan fingerprint density at radius 2 is 2.20 bits per heavy atom. The van der Waals surface area contributed by atoms with Gasteiger partial charge in [-0.25, -0.2) is 0 Å². The molecule has 0 bridgehead atoms. The van der Waals surface area contributed by atoms with Crippen molar-refractivity contribution < 1.29 is 4.84 Å². The number of likely N-dealkylation sites (N-methyl/N-ethyl adjacent to an activating group) is 1. The van der Waals surface area contributed by atoms with Crippen molar-refractivity contribution in [3.63, 3.8) is 0 Å². The van der Waals surface area contributed by atoms with Gasteiger partial charge in [0.1, 0.15) is 6.10 Å². The summed E-state index contributed by atoms with van der Waals surface area (Å²) >= 11 is 0. The molecule has 5 heteroatoms. The van der Waals surface area contributed by atoms with Crippen molar-refractivity contribution in [2.45, 2.75) is 58.6 Å². The number of oxime groups is 1. The second kappa shape index (κ2) is 5.95. The first kappa shape index (κ1) is 15.0. The Kier molecular flexibility index (Phi) is 4.48. The predicted octanol–water partition coefficient (Wildman–Crippen LogP) is 2.69. The molecule has 2 rings (SSSR count). The highest BCUT2D eigenvalue weighted by Crippen LogP contribution is 2.21. The fraction of sp³-hybridized carbons (Fsp3) is 0.733. The van der Waals surface area contributed by atoms with Gasteiger partial charge in [-0.2, -0.15) is 5.10 Å². The molecular weight excluding hydrogens is 252 g/mol.